The number of aliphatic carboxylic acids is 2. The second-order valence-electron chi connectivity index (χ2n) is 5.75. The number of carbonyl (C=O) groups is 2. The maximum absolute atomic E-state index is 12.6. The summed E-state index contributed by atoms with van der Waals surface area (Å²) in [6.45, 7) is 1.80. The maximum Gasteiger partial charge on any atom is 0.328 e. The van der Waals surface area contributed by atoms with Crippen LogP contribution < -0.4 is 19.9 Å². The highest BCUT2D eigenvalue weighted by molar-refractivity contribution is 7.90. The summed E-state index contributed by atoms with van der Waals surface area (Å²) in [6, 6.07) is 12.3. The zero-order valence-electron chi connectivity index (χ0n) is 14.3. The Hall–Kier alpha value is -3.20. The van der Waals surface area contributed by atoms with Gasteiger partial charge in [0, 0.05) is 12.4 Å². The third-order valence-electron chi connectivity index (χ3n) is 3.60. The smallest absolute Gasteiger partial charge is 0.328 e. The first-order chi connectivity index (χ1) is 12.7. The number of carbonyl (C=O) groups excluding carboxylic acids is 2. The van der Waals surface area contributed by atoms with Crippen molar-refractivity contribution in [2.24, 2.45) is 0 Å². The molecule has 0 aromatic heterocycles. The van der Waals surface area contributed by atoms with Crippen LogP contribution in [0.25, 0.3) is 0 Å². The third kappa shape index (κ3) is 5.65. The maximum atomic E-state index is 12.6. The van der Waals surface area contributed by atoms with Gasteiger partial charge in [-0.15, -0.1) is 0 Å². The van der Waals surface area contributed by atoms with E-state index in [-0.39, 0.29) is 10.7 Å². The molecule has 0 aliphatic carbocycles. The van der Waals surface area contributed by atoms with Crippen molar-refractivity contribution in [3.8, 4) is 0 Å². The first kappa shape index (κ1) is 20.1. The first-order valence-electron chi connectivity index (χ1n) is 7.88. The highest BCUT2D eigenvalue weighted by Gasteiger charge is 2.25. The van der Waals surface area contributed by atoms with Gasteiger partial charge in [0.2, 0.25) is 0 Å². The fourth-order valence-electron chi connectivity index (χ4n) is 2.22. The lowest BCUT2D eigenvalue weighted by Gasteiger charge is -2.14. The summed E-state index contributed by atoms with van der Waals surface area (Å²) < 4.78 is 27.6. The average Bonchev–Trinajstić information content (AvgIpc) is 2.61. The number of carboxylic acid groups (broad SMARTS) is 2. The quantitative estimate of drug-likeness (QED) is 0.383. The molecule has 9 heteroatoms. The van der Waals surface area contributed by atoms with Gasteiger partial charge in [0.15, 0.2) is 0 Å². The van der Waals surface area contributed by atoms with Crippen molar-refractivity contribution in [3.63, 3.8) is 0 Å². The topological polar surface area (TPSA) is 140 Å². The fourth-order valence-corrected chi connectivity index (χ4v) is 3.28. The van der Waals surface area contributed by atoms with Gasteiger partial charge in [-0.05, 0) is 31.2 Å². The summed E-state index contributed by atoms with van der Waals surface area (Å²) in [6.07, 6.45) is -0.898. The molecule has 0 amide bonds. The van der Waals surface area contributed by atoms with Gasteiger partial charge >= 0.3 is 10.0 Å². The zero-order chi connectivity index (χ0) is 20.0. The second kappa shape index (κ2) is 8.45. The molecule has 2 aromatic rings. The van der Waals surface area contributed by atoms with E-state index in [1.54, 1.807) is 37.3 Å². The molecule has 142 valence electrons. The lowest BCUT2D eigenvalue weighted by Crippen LogP contribution is -2.86. The Morgan fingerprint density at radius 2 is 1.63 bits per heavy atom. The summed E-state index contributed by atoms with van der Waals surface area (Å²) in [7, 11) is -4.05. The first-order valence-corrected chi connectivity index (χ1v) is 9.36. The number of rotatable bonds is 7. The van der Waals surface area contributed by atoms with E-state index >= 15 is 0 Å². The Labute approximate surface area is 156 Å². The molecule has 0 saturated carbocycles. The minimum absolute atomic E-state index is 0.0340. The Morgan fingerprint density at radius 3 is 2.15 bits per heavy atom. The number of benzene rings is 2. The van der Waals surface area contributed by atoms with Crippen LogP contribution in [-0.2, 0) is 19.6 Å². The van der Waals surface area contributed by atoms with Gasteiger partial charge in [0.05, 0.1) is 11.5 Å². The highest BCUT2D eigenvalue weighted by atomic mass is 32.2. The molecule has 8 nitrogen and oxygen atoms in total. The number of hydrogen-bond donors (Lipinski definition) is 2. The predicted octanol–water partition coefficient (Wildman–Crippen LogP) is -2.94. The van der Waals surface area contributed by atoms with Gasteiger partial charge in [0.25, 0.3) is 5.84 Å². The minimum Gasteiger partial charge on any atom is -0.550 e. The average molecular weight is 389 g/mol. The third-order valence-corrected chi connectivity index (χ3v) is 4.97. The van der Waals surface area contributed by atoms with Crippen LogP contribution >= 0.6 is 0 Å². The fraction of sp³-hybridized carbons (Fsp3) is 0.167. The van der Waals surface area contributed by atoms with E-state index in [1.807, 2.05) is 0 Å². The summed E-state index contributed by atoms with van der Waals surface area (Å²) in [5, 5.41) is 22.0. The van der Waals surface area contributed by atoms with Crippen LogP contribution in [-0.4, -0.2) is 32.2 Å². The van der Waals surface area contributed by atoms with Crippen molar-refractivity contribution in [1.29, 1.82) is 0 Å². The van der Waals surface area contributed by atoms with E-state index in [4.69, 9.17) is 0 Å². The van der Waals surface area contributed by atoms with Crippen LogP contribution in [0.15, 0.2) is 59.5 Å². The van der Waals surface area contributed by atoms with Crippen LogP contribution in [0.2, 0.25) is 0 Å². The van der Waals surface area contributed by atoms with Crippen molar-refractivity contribution in [3.05, 3.63) is 65.7 Å². The highest BCUT2D eigenvalue weighted by Crippen LogP contribution is 2.10. The largest absolute Gasteiger partial charge is 0.550 e. The van der Waals surface area contributed by atoms with E-state index in [0.29, 0.717) is 5.56 Å². The molecular formula is C18H17N2O6S-. The van der Waals surface area contributed by atoms with Crippen LogP contribution in [0, 0.1) is 6.92 Å². The van der Waals surface area contributed by atoms with Crippen LogP contribution in [0.4, 0.5) is 0 Å². The Balaban J connectivity index is 2.47. The molecule has 2 rings (SSSR count). The standard InChI is InChI=1S/C18H18N2O6S/c1-12-7-9-14(10-8-12)27(25,26)20-17(13-5-3-2-4-6-13)19-15(18(23)24)11-16(21)22/h2-10,15H,11H2,1H3,(H,19,20)(H,21,22)(H,23,24)/p-1/t15-/m0/s1. The number of carboxylic acids is 2. The molecular weight excluding hydrogens is 372 g/mol. The molecule has 2 N–H and O–H groups in total. The van der Waals surface area contributed by atoms with Crippen LogP contribution in [0.1, 0.15) is 17.5 Å². The van der Waals surface area contributed by atoms with Gasteiger partial charge in [-0.2, -0.15) is 13.1 Å². The second-order valence-corrected chi connectivity index (χ2v) is 7.43. The van der Waals surface area contributed by atoms with Crippen molar-refractivity contribution in [2.75, 3.05) is 0 Å². The van der Waals surface area contributed by atoms with Gasteiger partial charge in [-0.1, -0.05) is 35.9 Å². The number of hydrogen-bond acceptors (Lipinski definition) is 6. The predicted molar refractivity (Wildman–Crippen MR) is 91.4 cm³/mol. The molecule has 0 unspecified atom stereocenters. The summed E-state index contributed by atoms with van der Waals surface area (Å²) in [4.78, 5) is 24.3. The van der Waals surface area contributed by atoms with Crippen LogP contribution in [0.3, 0.4) is 0 Å². The molecule has 1 atom stereocenters. The lowest BCUT2D eigenvalue weighted by atomic mass is 10.2. The van der Waals surface area contributed by atoms with E-state index in [0.717, 1.165) is 5.56 Å². The molecule has 0 fully saturated rings. The number of sulfonamides is 1. The Morgan fingerprint density at radius 1 is 1.04 bits per heavy atom. The molecule has 0 heterocycles. The molecule has 2 aromatic carbocycles. The molecule has 0 aliphatic heterocycles. The number of amidine groups is 1. The van der Waals surface area contributed by atoms with Crippen molar-refractivity contribution in [2.45, 2.75) is 24.3 Å². The van der Waals surface area contributed by atoms with E-state index in [2.05, 4.69) is 9.71 Å². The van der Waals surface area contributed by atoms with E-state index in [9.17, 15) is 28.2 Å². The molecule has 0 bridgehead atoms. The SMILES string of the molecule is Cc1ccc(S(=O)(=O)NC(=[NH+][C@@H](CC(=O)[O-])C(=O)[O-])c2ccccc2)cc1. The van der Waals surface area contributed by atoms with Crippen molar-refractivity contribution >= 4 is 27.8 Å². The summed E-state index contributed by atoms with van der Waals surface area (Å²) in [5.74, 6) is -3.51. The molecule has 0 aliphatic rings. The number of nitrogens with one attached hydrogen (secondary N) is 2. The van der Waals surface area contributed by atoms with Gasteiger partial charge in [0.1, 0.15) is 10.9 Å². The van der Waals surface area contributed by atoms with Crippen LogP contribution in [0.5, 0.6) is 0 Å². The minimum atomic E-state index is -4.05. The van der Waals surface area contributed by atoms with Gasteiger partial charge in [-0.3, -0.25) is 4.99 Å². The normalized spacial score (nSPS) is 13.0. The lowest BCUT2D eigenvalue weighted by molar-refractivity contribution is -0.508. The molecule has 0 saturated heterocycles. The summed E-state index contributed by atoms with van der Waals surface area (Å²) in [5.41, 5.74) is 1.18. The molecule has 0 spiro atoms. The Bertz CT molecular complexity index is 953. The van der Waals surface area contributed by atoms with Gasteiger partial charge in [-0.25, -0.2) is 0 Å². The van der Waals surface area contributed by atoms with E-state index < -0.39 is 34.4 Å². The summed E-state index contributed by atoms with van der Waals surface area (Å²) >= 11 is 0. The zero-order valence-corrected chi connectivity index (χ0v) is 15.2. The van der Waals surface area contributed by atoms with Crippen molar-refractivity contribution in [1.82, 2.24) is 4.72 Å². The van der Waals surface area contributed by atoms with Gasteiger partial charge < -0.3 is 19.8 Å². The molecule has 27 heavy (non-hydrogen) atoms. The monoisotopic (exact) mass is 389 g/mol. The van der Waals surface area contributed by atoms with Crippen molar-refractivity contribution < 1.29 is 33.2 Å². The Kier molecular flexibility index (Phi) is 6.30. The number of aryl methyl sites for hydroxylation is 1. The molecule has 0 radical (unpaired) electrons. The van der Waals surface area contributed by atoms with E-state index in [1.165, 1.54) is 24.3 Å².